The molecule has 0 spiro atoms. The third-order valence-corrected chi connectivity index (χ3v) is 40.0. The predicted octanol–water partition coefficient (Wildman–Crippen LogP) is 14.7. The minimum atomic E-state index is -3.20. The van der Waals surface area contributed by atoms with E-state index in [9.17, 15) is 0 Å². The summed E-state index contributed by atoms with van der Waals surface area (Å²) in [5, 5.41) is 0. The summed E-state index contributed by atoms with van der Waals surface area (Å²) < 4.78 is 30.4. The first kappa shape index (κ1) is 47.9. The molecule has 0 aromatic carbocycles. The quantitative estimate of drug-likeness (QED) is 0.0688. The summed E-state index contributed by atoms with van der Waals surface area (Å²) in [6.07, 6.45) is 7.56. The summed E-state index contributed by atoms with van der Waals surface area (Å²) in [6, 6.07) is 2.24. The van der Waals surface area contributed by atoms with Gasteiger partial charge in [-0.1, -0.05) is 157 Å². The van der Waals surface area contributed by atoms with Crippen molar-refractivity contribution >= 4 is 42.1 Å². The largest absolute Gasteiger partial charge is 0.469 e. The van der Waals surface area contributed by atoms with Crippen LogP contribution in [0.4, 0.5) is 0 Å². The molecular formula is C38H88O4Si5. The van der Waals surface area contributed by atoms with Gasteiger partial charge in [0.05, 0.1) is 0 Å². The van der Waals surface area contributed by atoms with E-state index in [1.54, 1.807) is 0 Å². The van der Waals surface area contributed by atoms with Crippen molar-refractivity contribution in [3.8, 4) is 0 Å². The van der Waals surface area contributed by atoms with Crippen LogP contribution in [0.5, 0.6) is 0 Å². The third-order valence-electron chi connectivity index (χ3n) is 12.2. The fourth-order valence-corrected chi connectivity index (χ4v) is 41.6. The Morgan fingerprint density at radius 1 is 0.340 bits per heavy atom. The summed E-state index contributed by atoms with van der Waals surface area (Å²) in [5.41, 5.74) is 4.40. The van der Waals surface area contributed by atoms with Gasteiger partial charge in [-0.25, -0.2) is 0 Å². The molecule has 4 nitrogen and oxygen atoms in total. The van der Waals surface area contributed by atoms with E-state index >= 15 is 0 Å². The van der Waals surface area contributed by atoms with Crippen LogP contribution >= 0.6 is 0 Å². The minimum absolute atomic E-state index is 0.489. The first-order valence-electron chi connectivity index (χ1n) is 20.0. The van der Waals surface area contributed by atoms with Crippen molar-refractivity contribution < 1.29 is 16.8 Å². The van der Waals surface area contributed by atoms with Gasteiger partial charge < -0.3 is 16.8 Å². The normalized spacial score (nSPS) is 14.7. The van der Waals surface area contributed by atoms with Crippen LogP contribution in [0.1, 0.15) is 163 Å². The molecule has 0 aliphatic carbocycles. The first-order valence-corrected chi connectivity index (χ1v) is 31.5. The van der Waals surface area contributed by atoms with Gasteiger partial charge in [0.25, 0.3) is 0 Å². The van der Waals surface area contributed by atoms with Crippen molar-refractivity contribution in [1.29, 1.82) is 0 Å². The lowest BCUT2D eigenvalue weighted by molar-refractivity contribution is 0.216. The van der Waals surface area contributed by atoms with E-state index in [-0.39, 0.29) is 0 Å². The first-order chi connectivity index (χ1) is 21.4. The molecular weight excluding hydrogens is 661 g/mol. The summed E-state index contributed by atoms with van der Waals surface area (Å²) in [4.78, 5) is 0. The topological polar surface area (TPSA) is 36.9 Å². The molecule has 0 rings (SSSR count). The number of rotatable bonds is 25. The smallest absolute Gasteiger partial charge is 0.420 e. The van der Waals surface area contributed by atoms with E-state index in [1.807, 2.05) is 7.11 Å². The molecule has 0 aliphatic heterocycles. The van der Waals surface area contributed by atoms with Crippen molar-refractivity contribution in [1.82, 2.24) is 0 Å². The fraction of sp³-hybridized carbons (Fsp3) is 1.00. The fourth-order valence-electron chi connectivity index (χ4n) is 9.79. The maximum atomic E-state index is 8.21. The lowest BCUT2D eigenvalue weighted by atomic mass is 10.1. The van der Waals surface area contributed by atoms with Crippen molar-refractivity contribution in [3.63, 3.8) is 0 Å². The number of unbranched alkanes of at least 4 members (excludes halogenated alkanes) is 5. The second-order valence-corrected chi connectivity index (χ2v) is 42.8. The van der Waals surface area contributed by atoms with Crippen molar-refractivity contribution in [3.05, 3.63) is 0 Å². The van der Waals surface area contributed by atoms with Crippen LogP contribution in [0.15, 0.2) is 0 Å². The van der Waals surface area contributed by atoms with E-state index < -0.39 is 42.1 Å². The molecule has 0 saturated carbocycles. The Morgan fingerprint density at radius 2 is 0.553 bits per heavy atom. The maximum absolute atomic E-state index is 8.21. The Hall–Kier alpha value is 0.924. The Labute approximate surface area is 302 Å². The molecule has 0 bridgehead atoms. The molecule has 284 valence electrons. The van der Waals surface area contributed by atoms with Crippen LogP contribution in [0.25, 0.3) is 0 Å². The second-order valence-electron chi connectivity index (χ2n) is 18.5. The van der Waals surface area contributed by atoms with Gasteiger partial charge >= 0.3 is 8.80 Å². The van der Waals surface area contributed by atoms with Gasteiger partial charge in [0.15, 0.2) is 33.3 Å². The van der Waals surface area contributed by atoms with Gasteiger partial charge in [-0.3, -0.25) is 0 Å². The third kappa shape index (κ3) is 12.0. The highest BCUT2D eigenvalue weighted by Gasteiger charge is 2.63. The highest BCUT2D eigenvalue weighted by Crippen LogP contribution is 2.53. The highest BCUT2D eigenvalue weighted by atomic mass is 28.5. The molecule has 0 radical (unpaired) electrons. The minimum Gasteiger partial charge on any atom is -0.420 e. The molecule has 0 unspecified atom stereocenters. The zero-order chi connectivity index (χ0) is 37.2. The average molecular weight is 750 g/mol. The number of hydrogen-bond acceptors (Lipinski definition) is 4. The van der Waals surface area contributed by atoms with Gasteiger partial charge in [-0.2, -0.15) is 0 Å². The Bertz CT molecular complexity index is 706. The van der Waals surface area contributed by atoms with E-state index in [2.05, 4.69) is 138 Å². The molecule has 0 N–H and O–H groups in total. The van der Waals surface area contributed by atoms with E-state index in [1.165, 1.54) is 38.1 Å². The molecule has 0 aliphatic rings. The molecule has 9 heteroatoms. The lowest BCUT2D eigenvalue weighted by Gasteiger charge is -2.56. The number of hydrogen-bond donors (Lipinski definition) is 0. The zero-order valence-electron chi connectivity index (χ0n) is 36.0. The lowest BCUT2D eigenvalue weighted by Crippen LogP contribution is -2.69. The average Bonchev–Trinajstić information content (AvgIpc) is 2.92. The van der Waals surface area contributed by atoms with E-state index in [0.717, 1.165) is 12.5 Å². The van der Waals surface area contributed by atoms with Crippen molar-refractivity contribution in [2.75, 3.05) is 7.11 Å². The van der Waals surface area contributed by atoms with Gasteiger partial charge in [0.1, 0.15) is 0 Å². The monoisotopic (exact) mass is 749 g/mol. The second kappa shape index (κ2) is 20.2. The molecule has 0 saturated heterocycles. The van der Waals surface area contributed by atoms with Crippen LogP contribution in [0.2, 0.25) is 75.1 Å². The summed E-state index contributed by atoms with van der Waals surface area (Å²) in [7, 11) is -9.76. The predicted molar refractivity (Wildman–Crippen MR) is 224 cm³/mol. The van der Waals surface area contributed by atoms with Gasteiger partial charge in [0, 0.05) is 13.2 Å². The molecule has 0 fully saturated rings. The van der Waals surface area contributed by atoms with E-state index in [4.69, 9.17) is 16.8 Å². The Balaban J connectivity index is 7.30. The van der Waals surface area contributed by atoms with E-state index in [0.29, 0.717) is 49.9 Å². The van der Waals surface area contributed by atoms with Gasteiger partial charge in [-0.15, -0.1) is 0 Å². The molecule has 0 aromatic rings. The Kier molecular flexibility index (Phi) is 20.6. The van der Waals surface area contributed by atoms with Gasteiger partial charge in [-0.05, 0) is 75.4 Å². The van der Waals surface area contributed by atoms with Crippen molar-refractivity contribution in [2.45, 2.75) is 238 Å². The molecule has 0 atom stereocenters. The van der Waals surface area contributed by atoms with Crippen LogP contribution in [0.3, 0.4) is 0 Å². The summed E-state index contributed by atoms with van der Waals surface area (Å²) in [5.74, 6) is 0. The van der Waals surface area contributed by atoms with Gasteiger partial charge in [0.2, 0.25) is 0 Å². The van der Waals surface area contributed by atoms with Crippen LogP contribution < -0.4 is 0 Å². The Morgan fingerprint density at radius 3 is 0.766 bits per heavy atom. The molecule has 0 amide bonds. The standard InChI is InChI=1S/C38H88O4Si5/c1-30(2)45(31(3)4,32(5)6)40-44(41-46(33(7)8,34(9)10)35(11)12,42-47(36(13)14,37(15)16)38(17)18)29-27-25-23-22-24-26-28-43(20,21)39-19/h30-38H,22-29H2,1-21H3. The molecule has 47 heavy (non-hydrogen) atoms. The zero-order valence-corrected chi connectivity index (χ0v) is 41.0. The molecule has 0 heterocycles. The summed E-state index contributed by atoms with van der Waals surface area (Å²) >= 11 is 0. The van der Waals surface area contributed by atoms with Crippen LogP contribution in [0, 0.1) is 0 Å². The molecule has 0 aromatic heterocycles. The highest BCUT2D eigenvalue weighted by molar-refractivity contribution is 6.94. The summed E-state index contributed by atoms with van der Waals surface area (Å²) in [6.45, 7) is 48.6. The van der Waals surface area contributed by atoms with Crippen LogP contribution in [-0.4, -0.2) is 49.2 Å². The van der Waals surface area contributed by atoms with Crippen LogP contribution in [-0.2, 0) is 16.8 Å². The van der Waals surface area contributed by atoms with Crippen molar-refractivity contribution in [2.24, 2.45) is 0 Å². The maximum Gasteiger partial charge on any atom is 0.469 e. The SMILES string of the molecule is CO[Si](C)(C)CCCCCCCC[Si](O[Si](C(C)C)(C(C)C)C(C)C)(O[Si](C(C)C)(C(C)C)C(C)C)O[Si](C(C)C)(C(C)C)C(C)C.